The first-order valence-electron chi connectivity index (χ1n) is 7.14. The standard InChI is InChI=1S/C19H16NO/c1-14-11-16(15-7-3-2-4-8-15)12-17-18-9-5-6-10-20(18)13-21-19(14)17/h2-12H,13H2,1H3/q+1. The van der Waals surface area contributed by atoms with Gasteiger partial charge in [-0.15, -0.1) is 0 Å². The molecule has 21 heavy (non-hydrogen) atoms. The summed E-state index contributed by atoms with van der Waals surface area (Å²) in [6.45, 7) is 2.69. The van der Waals surface area contributed by atoms with Crippen molar-refractivity contribution in [3.8, 4) is 28.1 Å². The molecule has 0 fully saturated rings. The molecule has 0 bridgehead atoms. The van der Waals surface area contributed by atoms with E-state index in [1.165, 1.54) is 27.9 Å². The van der Waals surface area contributed by atoms with Crippen LogP contribution in [-0.2, 0) is 6.73 Å². The maximum atomic E-state index is 5.93. The van der Waals surface area contributed by atoms with E-state index >= 15 is 0 Å². The number of ether oxygens (including phenoxy) is 1. The fourth-order valence-corrected chi connectivity index (χ4v) is 2.92. The van der Waals surface area contributed by atoms with Gasteiger partial charge in [0, 0.05) is 12.1 Å². The van der Waals surface area contributed by atoms with Gasteiger partial charge in [-0.2, -0.15) is 4.57 Å². The summed E-state index contributed by atoms with van der Waals surface area (Å²) in [5, 5.41) is 0. The number of pyridine rings is 1. The second kappa shape index (κ2) is 4.74. The predicted molar refractivity (Wildman–Crippen MR) is 82.9 cm³/mol. The Bertz CT molecular complexity index is 809. The molecule has 2 heterocycles. The summed E-state index contributed by atoms with van der Waals surface area (Å²) in [6, 6.07) is 21.2. The first kappa shape index (κ1) is 12.2. The molecule has 0 spiro atoms. The van der Waals surface area contributed by atoms with Crippen molar-refractivity contribution in [3.05, 3.63) is 72.4 Å². The van der Waals surface area contributed by atoms with Crippen molar-refractivity contribution in [3.63, 3.8) is 0 Å². The van der Waals surface area contributed by atoms with Crippen LogP contribution < -0.4 is 9.30 Å². The Morgan fingerprint density at radius 2 is 1.71 bits per heavy atom. The average molecular weight is 274 g/mol. The Morgan fingerprint density at radius 1 is 0.905 bits per heavy atom. The fourth-order valence-electron chi connectivity index (χ4n) is 2.92. The lowest BCUT2D eigenvalue weighted by molar-refractivity contribution is -0.717. The fraction of sp³-hybridized carbons (Fsp3) is 0.105. The molecule has 0 saturated carbocycles. The van der Waals surface area contributed by atoms with Gasteiger partial charge in [0.25, 0.3) is 6.73 Å². The quantitative estimate of drug-likeness (QED) is 0.612. The van der Waals surface area contributed by atoms with E-state index in [0.29, 0.717) is 6.73 Å². The van der Waals surface area contributed by atoms with Crippen LogP contribution in [0.15, 0.2) is 66.9 Å². The van der Waals surface area contributed by atoms with Gasteiger partial charge in [-0.3, -0.25) is 0 Å². The summed E-state index contributed by atoms with van der Waals surface area (Å²) in [7, 11) is 0. The van der Waals surface area contributed by atoms with Crippen molar-refractivity contribution in [1.29, 1.82) is 0 Å². The third-order valence-electron chi connectivity index (χ3n) is 3.95. The van der Waals surface area contributed by atoms with Gasteiger partial charge in [-0.05, 0) is 41.8 Å². The van der Waals surface area contributed by atoms with Crippen molar-refractivity contribution < 1.29 is 9.30 Å². The highest BCUT2D eigenvalue weighted by atomic mass is 16.5. The molecule has 102 valence electrons. The number of aromatic nitrogens is 1. The molecular formula is C19H16NO+. The van der Waals surface area contributed by atoms with Crippen LogP contribution in [0, 0.1) is 6.92 Å². The lowest BCUT2D eigenvalue weighted by atomic mass is 9.97. The second-order valence-electron chi connectivity index (χ2n) is 5.36. The average Bonchev–Trinajstić information content (AvgIpc) is 2.55. The lowest BCUT2D eigenvalue weighted by Gasteiger charge is -2.18. The molecule has 1 aromatic heterocycles. The number of benzene rings is 2. The van der Waals surface area contributed by atoms with Crippen LogP contribution in [0.4, 0.5) is 0 Å². The molecule has 2 aromatic carbocycles. The van der Waals surface area contributed by atoms with Crippen molar-refractivity contribution >= 4 is 0 Å². The first-order valence-corrected chi connectivity index (χ1v) is 7.14. The largest absolute Gasteiger partial charge is 0.435 e. The highest BCUT2D eigenvalue weighted by molar-refractivity contribution is 5.77. The van der Waals surface area contributed by atoms with Crippen LogP contribution in [-0.4, -0.2) is 0 Å². The van der Waals surface area contributed by atoms with Gasteiger partial charge in [0.05, 0.1) is 5.56 Å². The zero-order chi connectivity index (χ0) is 14.2. The van der Waals surface area contributed by atoms with E-state index in [9.17, 15) is 0 Å². The number of fused-ring (bicyclic) bond motifs is 3. The summed E-state index contributed by atoms with van der Waals surface area (Å²) >= 11 is 0. The van der Waals surface area contributed by atoms with Gasteiger partial charge in [-0.25, -0.2) is 0 Å². The monoisotopic (exact) mass is 274 g/mol. The minimum Gasteiger partial charge on any atom is -0.435 e. The van der Waals surface area contributed by atoms with Gasteiger partial charge in [0.15, 0.2) is 6.20 Å². The van der Waals surface area contributed by atoms with Crippen molar-refractivity contribution in [1.82, 2.24) is 0 Å². The maximum absolute atomic E-state index is 5.93. The highest BCUT2D eigenvalue weighted by Gasteiger charge is 2.25. The van der Waals surface area contributed by atoms with Gasteiger partial charge < -0.3 is 4.74 Å². The van der Waals surface area contributed by atoms with Gasteiger partial charge >= 0.3 is 0 Å². The summed E-state index contributed by atoms with van der Waals surface area (Å²) in [5.74, 6) is 1.00. The molecule has 0 amide bonds. The highest BCUT2D eigenvalue weighted by Crippen LogP contribution is 2.37. The molecule has 0 atom stereocenters. The Balaban J connectivity index is 1.95. The third-order valence-corrected chi connectivity index (χ3v) is 3.95. The van der Waals surface area contributed by atoms with E-state index in [1.807, 2.05) is 12.1 Å². The topological polar surface area (TPSA) is 13.1 Å². The van der Waals surface area contributed by atoms with E-state index in [1.54, 1.807) is 0 Å². The Kier molecular flexibility index (Phi) is 2.74. The van der Waals surface area contributed by atoms with E-state index in [2.05, 4.69) is 66.2 Å². The summed E-state index contributed by atoms with van der Waals surface area (Å²) in [4.78, 5) is 0. The molecule has 0 aliphatic carbocycles. The van der Waals surface area contributed by atoms with Gasteiger partial charge in [0.1, 0.15) is 5.75 Å². The molecule has 0 saturated heterocycles. The lowest BCUT2D eigenvalue weighted by Crippen LogP contribution is -2.41. The van der Waals surface area contributed by atoms with E-state index < -0.39 is 0 Å². The Morgan fingerprint density at radius 3 is 2.57 bits per heavy atom. The SMILES string of the molecule is Cc1cc(-c2ccccc2)cc2c1OC[n+]1ccccc1-2. The molecule has 4 rings (SSSR count). The van der Waals surface area contributed by atoms with Gasteiger partial charge in [0.2, 0.25) is 5.69 Å². The number of hydrogen-bond donors (Lipinski definition) is 0. The number of aryl methyl sites for hydroxylation is 1. The van der Waals surface area contributed by atoms with Gasteiger partial charge in [-0.1, -0.05) is 30.3 Å². The number of nitrogens with zero attached hydrogens (tertiary/aromatic N) is 1. The van der Waals surface area contributed by atoms with E-state index in [0.717, 1.165) is 5.75 Å². The molecule has 1 aliphatic heterocycles. The van der Waals surface area contributed by atoms with Crippen LogP contribution in [0.2, 0.25) is 0 Å². The van der Waals surface area contributed by atoms with Crippen molar-refractivity contribution in [2.24, 2.45) is 0 Å². The predicted octanol–water partition coefficient (Wildman–Crippen LogP) is 3.97. The molecule has 2 heteroatoms. The second-order valence-corrected chi connectivity index (χ2v) is 5.36. The summed E-state index contributed by atoms with van der Waals surface area (Å²) in [6.07, 6.45) is 2.06. The summed E-state index contributed by atoms with van der Waals surface area (Å²) < 4.78 is 8.07. The third kappa shape index (κ3) is 2.00. The maximum Gasteiger partial charge on any atom is 0.292 e. The number of rotatable bonds is 1. The van der Waals surface area contributed by atoms with E-state index in [-0.39, 0.29) is 0 Å². The smallest absolute Gasteiger partial charge is 0.292 e. The minimum atomic E-state index is 0.578. The first-order chi connectivity index (χ1) is 10.3. The minimum absolute atomic E-state index is 0.578. The van der Waals surface area contributed by atoms with Crippen LogP contribution in [0.25, 0.3) is 22.4 Å². The van der Waals surface area contributed by atoms with E-state index in [4.69, 9.17) is 4.74 Å². The van der Waals surface area contributed by atoms with Crippen molar-refractivity contribution in [2.75, 3.05) is 0 Å². The molecule has 2 nitrogen and oxygen atoms in total. The van der Waals surface area contributed by atoms with Crippen molar-refractivity contribution in [2.45, 2.75) is 13.7 Å². The molecular weight excluding hydrogens is 258 g/mol. The van der Waals surface area contributed by atoms with Crippen LogP contribution in [0.3, 0.4) is 0 Å². The molecule has 0 N–H and O–H groups in total. The molecule has 0 unspecified atom stereocenters. The Labute approximate surface area is 124 Å². The normalized spacial score (nSPS) is 12.2. The summed E-state index contributed by atoms with van der Waals surface area (Å²) in [5.41, 5.74) is 6.02. The zero-order valence-corrected chi connectivity index (χ0v) is 11.9. The van der Waals surface area contributed by atoms with Crippen LogP contribution in [0.1, 0.15) is 5.56 Å². The Hall–Kier alpha value is -2.61. The zero-order valence-electron chi connectivity index (χ0n) is 11.9. The molecule has 1 aliphatic rings. The van der Waals surface area contributed by atoms with Crippen LogP contribution in [0.5, 0.6) is 5.75 Å². The molecule has 0 radical (unpaired) electrons. The van der Waals surface area contributed by atoms with Crippen LogP contribution >= 0.6 is 0 Å². The molecule has 3 aromatic rings. The number of hydrogen-bond acceptors (Lipinski definition) is 1.